The second kappa shape index (κ2) is 9.67. The molecule has 0 fully saturated rings. The van der Waals surface area contributed by atoms with E-state index < -0.39 is 0 Å². The molecule has 0 spiro atoms. The van der Waals surface area contributed by atoms with Crippen LogP contribution in [-0.4, -0.2) is 15.0 Å². The van der Waals surface area contributed by atoms with Crippen LogP contribution < -0.4 is 0 Å². The van der Waals surface area contributed by atoms with Crippen molar-refractivity contribution >= 4 is 32.3 Å². The lowest BCUT2D eigenvalue weighted by atomic mass is 9.81. The summed E-state index contributed by atoms with van der Waals surface area (Å²) in [7, 11) is 0. The van der Waals surface area contributed by atoms with Gasteiger partial charge in [-0.25, -0.2) is 15.0 Å². The van der Waals surface area contributed by atoms with E-state index in [2.05, 4.69) is 92.7 Å². The Balaban J connectivity index is 1.32. The molecule has 0 unspecified atom stereocenters. The highest BCUT2D eigenvalue weighted by Crippen LogP contribution is 2.53. The Morgan fingerprint density at radius 3 is 1.60 bits per heavy atom. The summed E-state index contributed by atoms with van der Waals surface area (Å²) in [4.78, 5) is 14.9. The van der Waals surface area contributed by atoms with Crippen molar-refractivity contribution in [1.29, 1.82) is 0 Å². The quantitative estimate of drug-likeness (QED) is 0.197. The van der Waals surface area contributed by atoms with Crippen LogP contribution in [0.5, 0.6) is 0 Å². The molecule has 0 amide bonds. The number of hydrogen-bond acceptors (Lipinski definition) is 3. The van der Waals surface area contributed by atoms with Crippen molar-refractivity contribution in [3.05, 3.63) is 151 Å². The molecule has 0 radical (unpaired) electrons. The third-order valence-corrected chi connectivity index (χ3v) is 9.50. The third-order valence-electron chi connectivity index (χ3n) is 9.50. The van der Waals surface area contributed by atoms with E-state index in [0.717, 1.165) is 16.7 Å². The molecule has 8 aromatic rings. The van der Waals surface area contributed by atoms with E-state index in [9.17, 15) is 0 Å². The van der Waals surface area contributed by atoms with Gasteiger partial charge in [-0.15, -0.1) is 0 Å². The largest absolute Gasteiger partial charge is 0.208 e. The van der Waals surface area contributed by atoms with Gasteiger partial charge in [-0.3, -0.25) is 0 Å². The Kier molecular flexibility index (Phi) is 5.54. The van der Waals surface area contributed by atoms with Gasteiger partial charge in [0.15, 0.2) is 17.5 Å². The summed E-state index contributed by atoms with van der Waals surface area (Å²) >= 11 is 0. The highest BCUT2D eigenvalue weighted by Gasteiger charge is 2.36. The first-order valence-electron chi connectivity index (χ1n) is 15.5. The molecule has 3 heteroatoms. The van der Waals surface area contributed by atoms with Crippen molar-refractivity contribution in [3.63, 3.8) is 0 Å². The van der Waals surface area contributed by atoms with Crippen LogP contribution in [-0.2, 0) is 5.41 Å². The summed E-state index contributed by atoms with van der Waals surface area (Å²) in [5.74, 6) is 2.00. The van der Waals surface area contributed by atoms with Gasteiger partial charge in [0.05, 0.1) is 0 Å². The van der Waals surface area contributed by atoms with Gasteiger partial charge >= 0.3 is 0 Å². The van der Waals surface area contributed by atoms with Crippen LogP contribution in [0.1, 0.15) is 25.0 Å². The van der Waals surface area contributed by atoms with Gasteiger partial charge in [-0.1, -0.05) is 147 Å². The first kappa shape index (κ1) is 25.8. The summed E-state index contributed by atoms with van der Waals surface area (Å²) in [5.41, 5.74) is 8.35. The molecule has 0 bridgehead atoms. The lowest BCUT2D eigenvalue weighted by Crippen LogP contribution is -2.14. The van der Waals surface area contributed by atoms with E-state index in [0.29, 0.717) is 17.5 Å². The molecule has 0 aliphatic heterocycles. The molecule has 1 aliphatic carbocycles. The highest BCUT2D eigenvalue weighted by molar-refractivity contribution is 6.29. The second-order valence-corrected chi connectivity index (χ2v) is 12.4. The van der Waals surface area contributed by atoms with E-state index >= 15 is 0 Å². The Hall–Kier alpha value is -5.67. The van der Waals surface area contributed by atoms with Crippen LogP contribution >= 0.6 is 0 Å². The third kappa shape index (κ3) is 3.87. The molecule has 45 heavy (non-hydrogen) atoms. The number of benzene rings is 7. The summed E-state index contributed by atoms with van der Waals surface area (Å²) in [5, 5.41) is 7.54. The molecule has 0 saturated carbocycles. The SMILES string of the molecule is CC1(C)c2ccccc2-c2c1ccc1c3ccc(-c4nc(-c5ccccc5)nc(-c5ccccc5)n4)cc3c3ccccc3c21. The van der Waals surface area contributed by atoms with Gasteiger partial charge in [0.1, 0.15) is 0 Å². The minimum absolute atomic E-state index is 0.0500. The maximum absolute atomic E-state index is 5.01. The number of nitrogens with zero attached hydrogens (tertiary/aromatic N) is 3. The van der Waals surface area contributed by atoms with E-state index in [1.54, 1.807) is 0 Å². The van der Waals surface area contributed by atoms with Crippen molar-refractivity contribution in [3.8, 4) is 45.3 Å². The zero-order chi connectivity index (χ0) is 30.1. The summed E-state index contributed by atoms with van der Waals surface area (Å²) < 4.78 is 0. The smallest absolute Gasteiger partial charge is 0.164 e. The molecule has 0 saturated heterocycles. The maximum Gasteiger partial charge on any atom is 0.164 e. The normalized spacial score (nSPS) is 13.3. The predicted molar refractivity (Wildman–Crippen MR) is 186 cm³/mol. The Bertz CT molecular complexity index is 2370. The first-order valence-corrected chi connectivity index (χ1v) is 15.5. The van der Waals surface area contributed by atoms with Crippen molar-refractivity contribution in [1.82, 2.24) is 15.0 Å². The summed E-state index contributed by atoms with van der Waals surface area (Å²) in [6.07, 6.45) is 0. The van der Waals surface area contributed by atoms with Crippen molar-refractivity contribution in [2.75, 3.05) is 0 Å². The number of aromatic nitrogens is 3. The summed E-state index contributed by atoms with van der Waals surface area (Å²) in [6, 6.07) is 49.4. The molecule has 7 aromatic carbocycles. The van der Waals surface area contributed by atoms with Gasteiger partial charge in [-0.05, 0) is 60.6 Å². The fraction of sp³-hybridized carbons (Fsp3) is 0.0714. The average Bonchev–Trinajstić information content (AvgIpc) is 3.34. The first-order chi connectivity index (χ1) is 22.1. The molecular formula is C42H29N3. The molecule has 212 valence electrons. The van der Waals surface area contributed by atoms with Crippen molar-refractivity contribution in [2.24, 2.45) is 0 Å². The van der Waals surface area contributed by atoms with Crippen LogP contribution in [0.15, 0.2) is 140 Å². The number of hydrogen-bond donors (Lipinski definition) is 0. The minimum Gasteiger partial charge on any atom is -0.208 e. The fourth-order valence-electron chi connectivity index (χ4n) is 7.31. The monoisotopic (exact) mass is 575 g/mol. The van der Waals surface area contributed by atoms with E-state index in [1.807, 2.05) is 60.7 Å². The molecule has 1 heterocycles. The standard InChI is InChI=1S/C42H29N3/c1-42(2)35-20-12-11-19-33(35)38-36(42)24-23-32-30-22-21-28(25-34(30)29-17-9-10-18-31(29)37(32)38)41-44-39(26-13-5-3-6-14-26)43-40(45-41)27-15-7-4-8-16-27/h3-25H,1-2H3. The van der Waals surface area contributed by atoms with Crippen molar-refractivity contribution in [2.45, 2.75) is 19.3 Å². The van der Waals surface area contributed by atoms with Gasteiger partial charge in [0.25, 0.3) is 0 Å². The average molecular weight is 576 g/mol. The van der Waals surface area contributed by atoms with E-state index in [4.69, 9.17) is 15.0 Å². The van der Waals surface area contributed by atoms with Crippen LogP contribution in [0.25, 0.3) is 77.6 Å². The van der Waals surface area contributed by atoms with Gasteiger partial charge in [-0.2, -0.15) is 0 Å². The Morgan fingerprint density at radius 2 is 0.911 bits per heavy atom. The van der Waals surface area contributed by atoms with E-state index in [1.165, 1.54) is 54.6 Å². The summed E-state index contributed by atoms with van der Waals surface area (Å²) in [6.45, 7) is 4.70. The second-order valence-electron chi connectivity index (χ2n) is 12.4. The molecule has 0 N–H and O–H groups in total. The molecule has 0 atom stereocenters. The van der Waals surface area contributed by atoms with Gasteiger partial charge in [0, 0.05) is 22.1 Å². The molecule has 1 aliphatic rings. The lowest BCUT2D eigenvalue weighted by Gasteiger charge is -2.22. The van der Waals surface area contributed by atoms with Gasteiger partial charge < -0.3 is 0 Å². The van der Waals surface area contributed by atoms with Crippen LogP contribution in [0, 0.1) is 0 Å². The number of fused-ring (bicyclic) bond motifs is 10. The van der Waals surface area contributed by atoms with Gasteiger partial charge in [0.2, 0.25) is 0 Å². The van der Waals surface area contributed by atoms with E-state index in [-0.39, 0.29) is 5.41 Å². The van der Waals surface area contributed by atoms with Crippen molar-refractivity contribution < 1.29 is 0 Å². The Labute approximate surface area is 261 Å². The minimum atomic E-state index is -0.0500. The number of rotatable bonds is 3. The molecule has 9 rings (SSSR count). The van der Waals surface area contributed by atoms with Crippen LogP contribution in [0.2, 0.25) is 0 Å². The maximum atomic E-state index is 5.01. The van der Waals surface area contributed by atoms with Crippen LogP contribution in [0.4, 0.5) is 0 Å². The topological polar surface area (TPSA) is 38.7 Å². The predicted octanol–water partition coefficient (Wildman–Crippen LogP) is 10.6. The zero-order valence-electron chi connectivity index (χ0n) is 25.1. The zero-order valence-corrected chi connectivity index (χ0v) is 25.1. The molecule has 3 nitrogen and oxygen atoms in total. The molecule has 1 aromatic heterocycles. The fourth-order valence-corrected chi connectivity index (χ4v) is 7.31. The lowest BCUT2D eigenvalue weighted by molar-refractivity contribution is 0.661. The Morgan fingerprint density at radius 1 is 0.400 bits per heavy atom. The highest BCUT2D eigenvalue weighted by atomic mass is 15.0. The van der Waals surface area contributed by atoms with Crippen LogP contribution in [0.3, 0.4) is 0 Å². The molecular weight excluding hydrogens is 546 g/mol.